The van der Waals surface area contributed by atoms with Crippen LogP contribution in [0.3, 0.4) is 0 Å². The van der Waals surface area contributed by atoms with Crippen LogP contribution in [0.1, 0.15) is 45.4 Å². The minimum absolute atomic E-state index is 0.592. The van der Waals surface area contributed by atoms with Crippen molar-refractivity contribution in [3.05, 3.63) is 30.0 Å². The van der Waals surface area contributed by atoms with E-state index < -0.39 is 0 Å². The lowest BCUT2D eigenvalue weighted by Gasteiger charge is -2.12. The van der Waals surface area contributed by atoms with Gasteiger partial charge in [0, 0.05) is 5.92 Å². The molecule has 1 rings (SSSR count). The van der Waals surface area contributed by atoms with Crippen LogP contribution in [0.15, 0.2) is 30.0 Å². The molecular formula is C15H25B. The molecular weight excluding hydrogens is 191 g/mol. The zero-order valence-corrected chi connectivity index (χ0v) is 11.0. The van der Waals surface area contributed by atoms with Crippen molar-refractivity contribution in [2.45, 2.75) is 51.8 Å². The Balaban J connectivity index is 2.35. The van der Waals surface area contributed by atoms with Crippen LogP contribution in [0.2, 0.25) is 6.32 Å². The molecule has 0 amide bonds. The predicted molar refractivity (Wildman–Crippen MR) is 75.5 cm³/mol. The van der Waals surface area contributed by atoms with Crippen molar-refractivity contribution in [2.24, 2.45) is 11.8 Å². The summed E-state index contributed by atoms with van der Waals surface area (Å²) < 4.78 is 0. The van der Waals surface area contributed by atoms with Gasteiger partial charge < -0.3 is 0 Å². The van der Waals surface area contributed by atoms with Gasteiger partial charge in [-0.05, 0) is 24.3 Å². The number of rotatable bonds is 6. The number of allylic oxidation sites excluding steroid dienone is 2. The molecule has 0 saturated heterocycles. The van der Waals surface area contributed by atoms with Gasteiger partial charge in [-0.3, -0.25) is 0 Å². The second-order valence-corrected chi connectivity index (χ2v) is 5.15. The second kappa shape index (κ2) is 6.81. The largest absolute Gasteiger partial charge is 0.129 e. The van der Waals surface area contributed by atoms with Gasteiger partial charge in [0.2, 0.25) is 0 Å². The summed E-state index contributed by atoms with van der Waals surface area (Å²) in [6.45, 7) is 10.3. The standard InChI is InChI=1S/C15H25B/c1-4-14-12(2)11-13(3)15(14)9-7-5-6-8-10-16/h12,15H,1,3,5-11,16H2,2H3. The summed E-state index contributed by atoms with van der Waals surface area (Å²) >= 11 is 0. The highest BCUT2D eigenvalue weighted by Gasteiger charge is 2.29. The first kappa shape index (κ1) is 13.4. The molecule has 0 aromatic rings. The van der Waals surface area contributed by atoms with Crippen molar-refractivity contribution in [2.75, 3.05) is 0 Å². The summed E-state index contributed by atoms with van der Waals surface area (Å²) in [7, 11) is 2.26. The van der Waals surface area contributed by atoms with E-state index in [-0.39, 0.29) is 0 Å². The second-order valence-electron chi connectivity index (χ2n) is 5.15. The molecule has 0 radical (unpaired) electrons. The van der Waals surface area contributed by atoms with Gasteiger partial charge >= 0.3 is 0 Å². The Kier molecular flexibility index (Phi) is 5.70. The normalized spacial score (nSPS) is 24.8. The van der Waals surface area contributed by atoms with Gasteiger partial charge in [0.1, 0.15) is 7.85 Å². The van der Waals surface area contributed by atoms with Gasteiger partial charge in [0.15, 0.2) is 0 Å². The Bertz CT molecular complexity index is 284. The topological polar surface area (TPSA) is 0 Å². The van der Waals surface area contributed by atoms with Crippen LogP contribution in [0, 0.1) is 11.8 Å². The van der Waals surface area contributed by atoms with Crippen molar-refractivity contribution < 1.29 is 0 Å². The lowest BCUT2D eigenvalue weighted by atomic mass is 9.91. The first-order valence-corrected chi connectivity index (χ1v) is 6.78. The molecule has 0 nitrogen and oxygen atoms in total. The lowest BCUT2D eigenvalue weighted by molar-refractivity contribution is 0.566. The van der Waals surface area contributed by atoms with Gasteiger partial charge in [-0.1, -0.05) is 57.7 Å². The molecule has 1 aliphatic rings. The molecule has 1 saturated carbocycles. The van der Waals surface area contributed by atoms with Crippen LogP contribution in [0.4, 0.5) is 0 Å². The van der Waals surface area contributed by atoms with Crippen molar-refractivity contribution >= 4 is 7.85 Å². The van der Waals surface area contributed by atoms with Crippen LogP contribution < -0.4 is 0 Å². The third-order valence-corrected chi connectivity index (χ3v) is 3.77. The van der Waals surface area contributed by atoms with Crippen molar-refractivity contribution in [3.8, 4) is 0 Å². The molecule has 0 aliphatic heterocycles. The Hall–Kier alpha value is -0.675. The fraction of sp³-hybridized carbons (Fsp3) is 0.667. The highest BCUT2D eigenvalue weighted by atomic mass is 14.3. The molecule has 0 aromatic carbocycles. The average Bonchev–Trinajstić information content (AvgIpc) is 2.53. The zero-order chi connectivity index (χ0) is 12.0. The molecule has 0 N–H and O–H groups in total. The molecule has 0 bridgehead atoms. The molecule has 2 unspecified atom stereocenters. The van der Waals surface area contributed by atoms with E-state index in [0.717, 1.165) is 6.42 Å². The van der Waals surface area contributed by atoms with Crippen molar-refractivity contribution in [1.82, 2.24) is 0 Å². The smallest absolute Gasteiger partial charge is 0.101 e. The molecule has 1 heteroatoms. The van der Waals surface area contributed by atoms with E-state index in [2.05, 4.69) is 33.7 Å². The maximum Gasteiger partial charge on any atom is 0.101 e. The predicted octanol–water partition coefficient (Wildman–Crippen LogP) is 3.91. The van der Waals surface area contributed by atoms with Crippen LogP contribution >= 0.6 is 0 Å². The first-order chi connectivity index (χ1) is 7.70. The quantitative estimate of drug-likeness (QED) is 0.273. The lowest BCUT2D eigenvalue weighted by Crippen LogP contribution is -2.00. The Morgan fingerprint density at radius 3 is 2.62 bits per heavy atom. The highest BCUT2D eigenvalue weighted by molar-refractivity contribution is 6.08. The Morgan fingerprint density at radius 1 is 1.31 bits per heavy atom. The van der Waals surface area contributed by atoms with E-state index in [1.807, 2.05) is 0 Å². The number of hydrogen-bond acceptors (Lipinski definition) is 0. The van der Waals surface area contributed by atoms with Crippen molar-refractivity contribution in [1.29, 1.82) is 0 Å². The molecule has 1 fully saturated rings. The van der Waals surface area contributed by atoms with E-state index >= 15 is 0 Å². The van der Waals surface area contributed by atoms with Gasteiger partial charge in [-0.2, -0.15) is 0 Å². The SMILES string of the molecule is BCCCCCCC1C(=C)CC(C)C1=C=C. The van der Waals surface area contributed by atoms with E-state index in [4.69, 9.17) is 0 Å². The van der Waals surface area contributed by atoms with Crippen LogP contribution in [0.5, 0.6) is 0 Å². The minimum Gasteiger partial charge on any atom is -0.129 e. The Labute approximate surface area is 102 Å². The third kappa shape index (κ3) is 3.42. The summed E-state index contributed by atoms with van der Waals surface area (Å²) in [5.74, 6) is 1.22. The zero-order valence-electron chi connectivity index (χ0n) is 11.0. The highest BCUT2D eigenvalue weighted by Crippen LogP contribution is 2.41. The fourth-order valence-corrected chi connectivity index (χ4v) is 2.82. The van der Waals surface area contributed by atoms with Crippen LogP contribution in [0.25, 0.3) is 0 Å². The maximum absolute atomic E-state index is 4.21. The molecule has 0 spiro atoms. The van der Waals surface area contributed by atoms with Crippen LogP contribution in [-0.4, -0.2) is 7.85 Å². The van der Waals surface area contributed by atoms with Crippen LogP contribution in [-0.2, 0) is 0 Å². The fourth-order valence-electron chi connectivity index (χ4n) is 2.82. The molecule has 16 heavy (non-hydrogen) atoms. The monoisotopic (exact) mass is 216 g/mol. The van der Waals surface area contributed by atoms with E-state index in [0.29, 0.717) is 11.8 Å². The molecule has 2 atom stereocenters. The number of hydrogen-bond donors (Lipinski definition) is 0. The van der Waals surface area contributed by atoms with Gasteiger partial charge in [0.25, 0.3) is 0 Å². The number of unbranched alkanes of at least 4 members (excludes halogenated alkanes) is 3. The van der Waals surface area contributed by atoms with E-state index in [1.165, 1.54) is 49.6 Å². The molecule has 88 valence electrons. The summed E-state index contributed by atoms with van der Waals surface area (Å²) in [6, 6.07) is 0. The van der Waals surface area contributed by atoms with Gasteiger partial charge in [0.05, 0.1) is 0 Å². The summed E-state index contributed by atoms with van der Waals surface area (Å²) in [5.41, 5.74) is 5.98. The molecule has 0 aromatic heterocycles. The Morgan fingerprint density at radius 2 is 2.00 bits per heavy atom. The van der Waals surface area contributed by atoms with E-state index in [1.54, 1.807) is 0 Å². The van der Waals surface area contributed by atoms with Crippen molar-refractivity contribution in [3.63, 3.8) is 0 Å². The molecule has 0 heterocycles. The average molecular weight is 216 g/mol. The summed E-state index contributed by atoms with van der Waals surface area (Å²) in [6.07, 6.45) is 9.22. The summed E-state index contributed by atoms with van der Waals surface area (Å²) in [5, 5.41) is 0. The maximum atomic E-state index is 4.21. The van der Waals surface area contributed by atoms with Gasteiger partial charge in [-0.15, -0.1) is 5.73 Å². The summed E-state index contributed by atoms with van der Waals surface area (Å²) in [4.78, 5) is 0. The third-order valence-electron chi connectivity index (χ3n) is 3.77. The minimum atomic E-state index is 0.592. The van der Waals surface area contributed by atoms with Gasteiger partial charge in [-0.25, -0.2) is 0 Å². The van der Waals surface area contributed by atoms with E-state index in [9.17, 15) is 0 Å². The first-order valence-electron chi connectivity index (χ1n) is 6.78. The molecule has 1 aliphatic carbocycles.